The molecule has 132 valence electrons. The van der Waals surface area contributed by atoms with Gasteiger partial charge in [0.1, 0.15) is 34.3 Å². The molecule has 0 aromatic carbocycles. The van der Waals surface area contributed by atoms with Crippen molar-refractivity contribution in [2.75, 3.05) is 0 Å². The summed E-state index contributed by atoms with van der Waals surface area (Å²) in [6.07, 6.45) is 0. The summed E-state index contributed by atoms with van der Waals surface area (Å²) in [6.45, 7) is 4.27. The molecular formula is C19H8N6S3. The van der Waals surface area contributed by atoms with Crippen molar-refractivity contribution in [1.29, 1.82) is 21.0 Å². The minimum atomic E-state index is -0.258. The van der Waals surface area contributed by atoms with Crippen LogP contribution in [0.4, 0.5) is 10.0 Å². The molecule has 0 saturated carbocycles. The number of hydrogen-bond acceptors (Lipinski definition) is 9. The zero-order valence-electron chi connectivity index (χ0n) is 14.6. The van der Waals surface area contributed by atoms with Gasteiger partial charge in [-0.2, -0.15) is 21.0 Å². The molecular weight excluding hydrogens is 408 g/mol. The second-order valence-electron chi connectivity index (χ2n) is 6.40. The smallest absolute Gasteiger partial charge is 0.216 e. The molecule has 28 heavy (non-hydrogen) atoms. The van der Waals surface area contributed by atoms with Crippen molar-refractivity contribution in [1.82, 2.24) is 0 Å². The third-order valence-electron chi connectivity index (χ3n) is 4.44. The molecule has 3 aromatic rings. The topological polar surface area (TPSA) is 120 Å². The van der Waals surface area contributed by atoms with Crippen molar-refractivity contribution in [3.8, 4) is 34.0 Å². The lowest BCUT2D eigenvalue weighted by molar-refractivity contribution is 0.669. The maximum Gasteiger partial charge on any atom is 0.219 e. The van der Waals surface area contributed by atoms with E-state index < -0.39 is 0 Å². The average molecular weight is 417 g/mol. The summed E-state index contributed by atoms with van der Waals surface area (Å²) in [5.41, 5.74) is 1.77. The van der Waals surface area contributed by atoms with E-state index >= 15 is 0 Å². The highest BCUT2D eigenvalue weighted by Crippen LogP contribution is 2.60. The first kappa shape index (κ1) is 18.0. The van der Waals surface area contributed by atoms with Gasteiger partial charge in [-0.15, -0.1) is 34.0 Å². The number of nitrogens with zero attached hydrogens (tertiary/aromatic N) is 6. The summed E-state index contributed by atoms with van der Waals surface area (Å²) < 4.78 is 2.18. The van der Waals surface area contributed by atoms with Crippen molar-refractivity contribution in [3.63, 3.8) is 0 Å². The lowest BCUT2D eigenvalue weighted by atomic mass is 9.84. The van der Waals surface area contributed by atoms with Crippen molar-refractivity contribution in [2.45, 2.75) is 19.3 Å². The van der Waals surface area contributed by atoms with Crippen LogP contribution in [0.3, 0.4) is 0 Å². The first-order chi connectivity index (χ1) is 13.4. The molecule has 4 rings (SSSR count). The van der Waals surface area contributed by atoms with Crippen LogP contribution in [0.25, 0.3) is 19.2 Å². The molecule has 1 aliphatic carbocycles. The molecule has 9 heteroatoms. The Labute approximate surface area is 172 Å². The third kappa shape index (κ3) is 2.54. The van der Waals surface area contributed by atoms with Gasteiger partial charge in [-0.3, -0.25) is 0 Å². The van der Waals surface area contributed by atoms with Gasteiger partial charge in [0, 0.05) is 10.1 Å². The predicted molar refractivity (Wildman–Crippen MR) is 112 cm³/mol. The van der Waals surface area contributed by atoms with Gasteiger partial charge in [0.2, 0.25) is 11.4 Å². The highest BCUT2D eigenvalue weighted by molar-refractivity contribution is 7.33. The fraction of sp³-hybridized carbons (Fsp3) is 0.158. The Bertz CT molecular complexity index is 1350. The largest absolute Gasteiger partial charge is 0.219 e. The molecule has 0 unspecified atom stereocenters. The van der Waals surface area contributed by atoms with Crippen LogP contribution in [0.5, 0.6) is 0 Å². The maximum absolute atomic E-state index is 8.94. The zero-order valence-corrected chi connectivity index (χ0v) is 17.0. The second-order valence-corrected chi connectivity index (χ2v) is 9.52. The van der Waals surface area contributed by atoms with Crippen molar-refractivity contribution in [2.24, 2.45) is 9.98 Å². The predicted octanol–water partition coefficient (Wildman–Crippen LogP) is 5.57. The van der Waals surface area contributed by atoms with E-state index in [0.717, 1.165) is 19.8 Å². The summed E-state index contributed by atoms with van der Waals surface area (Å²) in [7, 11) is 0. The summed E-state index contributed by atoms with van der Waals surface area (Å²) >= 11 is 4.60. The van der Waals surface area contributed by atoms with E-state index in [4.69, 9.17) is 21.0 Å². The Kier molecular flexibility index (Phi) is 4.11. The number of nitriles is 4. The molecule has 0 atom stereocenters. The summed E-state index contributed by atoms with van der Waals surface area (Å²) in [5, 5.41) is 37.0. The van der Waals surface area contributed by atoms with Gasteiger partial charge in [-0.1, -0.05) is 13.8 Å². The zero-order chi connectivity index (χ0) is 20.1. The first-order valence-corrected chi connectivity index (χ1v) is 10.4. The van der Waals surface area contributed by atoms with Crippen LogP contribution < -0.4 is 0 Å². The third-order valence-corrected chi connectivity index (χ3v) is 7.95. The van der Waals surface area contributed by atoms with Gasteiger partial charge in [-0.05, 0) is 23.3 Å². The van der Waals surface area contributed by atoms with E-state index in [1.165, 1.54) is 33.1 Å². The fourth-order valence-corrected chi connectivity index (χ4v) is 7.40. The van der Waals surface area contributed by atoms with Crippen LogP contribution in [0.2, 0.25) is 0 Å². The Morgan fingerprint density at radius 2 is 1.39 bits per heavy atom. The molecule has 0 radical (unpaired) electrons. The van der Waals surface area contributed by atoms with Gasteiger partial charge in [0.25, 0.3) is 0 Å². The molecule has 0 amide bonds. The molecule has 1 aliphatic rings. The number of rotatable bonds is 2. The average Bonchev–Trinajstić information content (AvgIpc) is 3.38. The van der Waals surface area contributed by atoms with Gasteiger partial charge >= 0.3 is 0 Å². The van der Waals surface area contributed by atoms with Crippen LogP contribution in [-0.4, -0.2) is 11.4 Å². The highest BCUT2D eigenvalue weighted by atomic mass is 32.1. The number of thiophene rings is 3. The van der Waals surface area contributed by atoms with E-state index in [-0.39, 0.29) is 16.8 Å². The number of fused-ring (bicyclic) bond motifs is 5. The molecule has 3 heterocycles. The molecule has 0 aliphatic heterocycles. The van der Waals surface area contributed by atoms with E-state index in [1.54, 1.807) is 35.6 Å². The van der Waals surface area contributed by atoms with Gasteiger partial charge in [0.05, 0.1) is 14.5 Å². The number of aliphatic imine (C=N–C) groups is 2. The molecule has 0 spiro atoms. The van der Waals surface area contributed by atoms with Crippen LogP contribution in [0.1, 0.15) is 25.0 Å². The quantitative estimate of drug-likeness (QED) is 0.507. The first-order valence-electron chi connectivity index (χ1n) is 7.92. The SMILES string of the molecule is CC1(C)c2cc(N=C(C#N)C#N)sc2-c2sc3cc(N=C(C#N)C#N)sc3c21. The van der Waals surface area contributed by atoms with Gasteiger partial charge in [0.15, 0.2) is 0 Å². The van der Waals surface area contributed by atoms with E-state index in [0.29, 0.717) is 10.0 Å². The Morgan fingerprint density at radius 1 is 0.821 bits per heavy atom. The molecule has 0 saturated heterocycles. The second kappa shape index (κ2) is 6.37. The van der Waals surface area contributed by atoms with Crippen LogP contribution in [0.15, 0.2) is 22.1 Å². The Hall–Kier alpha value is -3.34. The summed E-state index contributed by atoms with van der Waals surface area (Å²) in [4.78, 5) is 10.5. The summed E-state index contributed by atoms with van der Waals surface area (Å²) in [5.74, 6) is 0. The fourth-order valence-electron chi connectivity index (χ4n) is 3.23. The summed E-state index contributed by atoms with van der Waals surface area (Å²) in [6, 6.07) is 11.0. The molecule has 0 bridgehead atoms. The Morgan fingerprint density at radius 3 is 1.96 bits per heavy atom. The minimum Gasteiger partial charge on any atom is -0.216 e. The highest BCUT2D eigenvalue weighted by Gasteiger charge is 2.41. The molecule has 0 fully saturated rings. The van der Waals surface area contributed by atoms with Crippen LogP contribution >= 0.6 is 34.0 Å². The lowest BCUT2D eigenvalue weighted by Crippen LogP contribution is -2.13. The van der Waals surface area contributed by atoms with E-state index in [2.05, 4.69) is 23.8 Å². The monoisotopic (exact) mass is 416 g/mol. The standard InChI is InChI=1S/C19H8N6S3/c1-19(2)11-3-13(24-9(5-20)6-21)27-16(11)18-15(19)17-12(26-18)4-14(28-17)25-10(7-22)8-23/h3-4H,1-2H3. The molecule has 3 aromatic heterocycles. The van der Waals surface area contributed by atoms with Gasteiger partial charge in [-0.25, -0.2) is 9.98 Å². The lowest BCUT2D eigenvalue weighted by Gasteiger charge is -2.19. The van der Waals surface area contributed by atoms with Crippen molar-refractivity contribution < 1.29 is 0 Å². The molecule has 6 nitrogen and oxygen atoms in total. The van der Waals surface area contributed by atoms with Crippen LogP contribution in [0, 0.1) is 45.3 Å². The van der Waals surface area contributed by atoms with Crippen molar-refractivity contribution in [3.05, 3.63) is 23.3 Å². The van der Waals surface area contributed by atoms with Crippen molar-refractivity contribution >= 4 is 64.8 Å². The maximum atomic E-state index is 8.94. The normalized spacial score (nSPS) is 12.8. The molecule has 0 N–H and O–H groups in total. The number of hydrogen-bond donors (Lipinski definition) is 0. The van der Waals surface area contributed by atoms with Gasteiger partial charge < -0.3 is 0 Å². The Balaban J connectivity index is 1.87. The minimum absolute atomic E-state index is 0.154. The van der Waals surface area contributed by atoms with Crippen LogP contribution in [-0.2, 0) is 5.41 Å². The van der Waals surface area contributed by atoms with E-state index in [9.17, 15) is 0 Å². The van der Waals surface area contributed by atoms with E-state index in [1.807, 2.05) is 12.1 Å².